The van der Waals surface area contributed by atoms with Crippen molar-refractivity contribution in [3.8, 4) is 5.75 Å². The molecule has 0 unspecified atom stereocenters. The Labute approximate surface area is 124 Å². The molecule has 0 heterocycles. The summed E-state index contributed by atoms with van der Waals surface area (Å²) in [5.41, 5.74) is 1.45. The van der Waals surface area contributed by atoms with Crippen LogP contribution in [0, 0.1) is 0 Å². The molecule has 0 aliphatic rings. The maximum atomic E-state index is 5.26. The van der Waals surface area contributed by atoms with Gasteiger partial charge in [-0.3, -0.25) is 0 Å². The van der Waals surface area contributed by atoms with E-state index < -0.39 is 0 Å². The summed E-state index contributed by atoms with van der Waals surface area (Å²) in [7, 11) is 3.41. The van der Waals surface area contributed by atoms with Gasteiger partial charge in [0.2, 0.25) is 0 Å². The standard InChI is InChI=1S/C15H24BrNO2/c1-15(2,7-8-17-9-10-18-3)12-5-6-14(19-4)13(16)11-12/h5-6,11,17H,7-10H2,1-4H3. The highest BCUT2D eigenvalue weighted by Gasteiger charge is 2.21. The first-order valence-corrected chi connectivity index (χ1v) is 7.34. The fourth-order valence-electron chi connectivity index (χ4n) is 1.93. The molecule has 0 aliphatic heterocycles. The van der Waals surface area contributed by atoms with Crippen molar-refractivity contribution in [1.82, 2.24) is 5.32 Å². The van der Waals surface area contributed by atoms with E-state index in [0.29, 0.717) is 0 Å². The zero-order valence-electron chi connectivity index (χ0n) is 12.3. The molecule has 19 heavy (non-hydrogen) atoms. The molecular weight excluding hydrogens is 306 g/mol. The summed E-state index contributed by atoms with van der Waals surface area (Å²) >= 11 is 3.54. The van der Waals surface area contributed by atoms with Crippen molar-refractivity contribution in [3.05, 3.63) is 28.2 Å². The fourth-order valence-corrected chi connectivity index (χ4v) is 2.47. The van der Waals surface area contributed by atoms with E-state index in [1.54, 1.807) is 14.2 Å². The predicted octanol–water partition coefficient (Wildman–Crippen LogP) is 3.36. The number of halogens is 1. The quantitative estimate of drug-likeness (QED) is 0.742. The summed E-state index contributed by atoms with van der Waals surface area (Å²) in [4.78, 5) is 0. The van der Waals surface area contributed by atoms with E-state index in [1.807, 2.05) is 6.07 Å². The van der Waals surface area contributed by atoms with Gasteiger partial charge in [0.25, 0.3) is 0 Å². The van der Waals surface area contributed by atoms with Crippen LogP contribution in [-0.2, 0) is 10.2 Å². The lowest BCUT2D eigenvalue weighted by atomic mass is 9.81. The second-order valence-corrected chi connectivity index (χ2v) is 6.08. The van der Waals surface area contributed by atoms with Crippen molar-refractivity contribution in [2.24, 2.45) is 0 Å². The highest BCUT2D eigenvalue weighted by molar-refractivity contribution is 9.10. The van der Waals surface area contributed by atoms with E-state index in [1.165, 1.54) is 5.56 Å². The van der Waals surface area contributed by atoms with E-state index in [2.05, 4.69) is 47.2 Å². The van der Waals surface area contributed by atoms with Gasteiger partial charge in [-0.25, -0.2) is 0 Å². The molecule has 0 fully saturated rings. The summed E-state index contributed by atoms with van der Waals surface area (Å²) in [5, 5.41) is 3.39. The maximum Gasteiger partial charge on any atom is 0.133 e. The molecule has 4 heteroatoms. The molecule has 0 aromatic heterocycles. The summed E-state index contributed by atoms with van der Waals surface area (Å²) in [6.07, 6.45) is 1.08. The van der Waals surface area contributed by atoms with Crippen molar-refractivity contribution in [1.29, 1.82) is 0 Å². The van der Waals surface area contributed by atoms with E-state index in [4.69, 9.17) is 9.47 Å². The molecule has 0 atom stereocenters. The Morgan fingerprint density at radius 2 is 1.95 bits per heavy atom. The van der Waals surface area contributed by atoms with Crippen LogP contribution in [0.2, 0.25) is 0 Å². The Kier molecular flexibility index (Phi) is 6.83. The van der Waals surface area contributed by atoms with Gasteiger partial charge in [-0.15, -0.1) is 0 Å². The molecular formula is C15H24BrNO2. The number of nitrogens with one attached hydrogen (secondary N) is 1. The average molecular weight is 330 g/mol. The Balaban J connectivity index is 2.58. The molecule has 1 N–H and O–H groups in total. The third-order valence-electron chi connectivity index (χ3n) is 3.34. The zero-order chi connectivity index (χ0) is 14.3. The van der Waals surface area contributed by atoms with Crippen molar-refractivity contribution in [3.63, 3.8) is 0 Å². The minimum atomic E-state index is 0.134. The van der Waals surface area contributed by atoms with Gasteiger partial charge in [-0.05, 0) is 52.0 Å². The van der Waals surface area contributed by atoms with Gasteiger partial charge < -0.3 is 14.8 Å². The molecule has 1 rings (SSSR count). The molecule has 0 saturated carbocycles. The Morgan fingerprint density at radius 3 is 2.53 bits per heavy atom. The van der Waals surface area contributed by atoms with Crippen molar-refractivity contribution in [2.75, 3.05) is 33.9 Å². The largest absolute Gasteiger partial charge is 0.496 e. The highest BCUT2D eigenvalue weighted by atomic mass is 79.9. The van der Waals surface area contributed by atoms with Gasteiger partial charge in [0.15, 0.2) is 0 Å². The van der Waals surface area contributed by atoms with Crippen molar-refractivity contribution < 1.29 is 9.47 Å². The fraction of sp³-hybridized carbons (Fsp3) is 0.600. The lowest BCUT2D eigenvalue weighted by Crippen LogP contribution is -2.27. The van der Waals surface area contributed by atoms with Crippen LogP contribution < -0.4 is 10.1 Å². The minimum Gasteiger partial charge on any atom is -0.496 e. The molecule has 0 radical (unpaired) electrons. The molecule has 0 saturated heterocycles. The summed E-state index contributed by atoms with van der Waals surface area (Å²) in [6, 6.07) is 6.30. The monoisotopic (exact) mass is 329 g/mol. The number of benzene rings is 1. The molecule has 0 aliphatic carbocycles. The van der Waals surface area contributed by atoms with E-state index in [-0.39, 0.29) is 5.41 Å². The van der Waals surface area contributed by atoms with Crippen LogP contribution in [0.25, 0.3) is 0 Å². The number of methoxy groups -OCH3 is 2. The summed E-state index contributed by atoms with van der Waals surface area (Å²) in [5.74, 6) is 0.873. The van der Waals surface area contributed by atoms with E-state index in [0.717, 1.165) is 36.3 Å². The molecule has 0 bridgehead atoms. The Hall–Kier alpha value is -0.580. The van der Waals surface area contributed by atoms with Crippen LogP contribution in [0.3, 0.4) is 0 Å². The molecule has 0 amide bonds. The van der Waals surface area contributed by atoms with Crippen LogP contribution in [0.5, 0.6) is 5.75 Å². The molecule has 108 valence electrons. The number of hydrogen-bond acceptors (Lipinski definition) is 3. The second kappa shape index (κ2) is 7.88. The first-order chi connectivity index (χ1) is 9.01. The lowest BCUT2D eigenvalue weighted by molar-refractivity contribution is 0.198. The van der Waals surface area contributed by atoms with Crippen LogP contribution in [0.15, 0.2) is 22.7 Å². The second-order valence-electron chi connectivity index (χ2n) is 5.23. The Bertz CT molecular complexity index is 394. The van der Waals surface area contributed by atoms with Crippen molar-refractivity contribution >= 4 is 15.9 Å². The first-order valence-electron chi connectivity index (χ1n) is 6.55. The van der Waals surface area contributed by atoms with Gasteiger partial charge in [0.1, 0.15) is 5.75 Å². The molecule has 1 aromatic rings. The SMILES string of the molecule is COCCNCCC(C)(C)c1ccc(OC)c(Br)c1. The summed E-state index contributed by atoms with van der Waals surface area (Å²) < 4.78 is 11.3. The third-order valence-corrected chi connectivity index (χ3v) is 3.96. The lowest BCUT2D eigenvalue weighted by Gasteiger charge is -2.26. The topological polar surface area (TPSA) is 30.5 Å². The van der Waals surface area contributed by atoms with Gasteiger partial charge in [0, 0.05) is 13.7 Å². The van der Waals surface area contributed by atoms with Crippen LogP contribution in [0.1, 0.15) is 25.8 Å². The molecule has 0 spiro atoms. The predicted molar refractivity (Wildman–Crippen MR) is 83.1 cm³/mol. The average Bonchev–Trinajstić information content (AvgIpc) is 2.38. The van der Waals surface area contributed by atoms with Crippen LogP contribution >= 0.6 is 15.9 Å². The van der Waals surface area contributed by atoms with Gasteiger partial charge in [-0.1, -0.05) is 19.9 Å². The van der Waals surface area contributed by atoms with Gasteiger partial charge >= 0.3 is 0 Å². The highest BCUT2D eigenvalue weighted by Crippen LogP contribution is 2.33. The smallest absolute Gasteiger partial charge is 0.133 e. The first kappa shape index (κ1) is 16.5. The third kappa shape index (κ3) is 5.13. The van der Waals surface area contributed by atoms with Crippen LogP contribution in [-0.4, -0.2) is 33.9 Å². The zero-order valence-corrected chi connectivity index (χ0v) is 13.8. The molecule has 3 nitrogen and oxygen atoms in total. The van der Waals surface area contributed by atoms with E-state index in [9.17, 15) is 0 Å². The number of ether oxygens (including phenoxy) is 2. The Morgan fingerprint density at radius 1 is 1.21 bits per heavy atom. The van der Waals surface area contributed by atoms with E-state index >= 15 is 0 Å². The van der Waals surface area contributed by atoms with Gasteiger partial charge in [0.05, 0.1) is 18.2 Å². The normalized spacial score (nSPS) is 11.6. The number of hydrogen-bond donors (Lipinski definition) is 1. The number of rotatable bonds is 8. The van der Waals surface area contributed by atoms with Crippen LogP contribution in [0.4, 0.5) is 0 Å². The minimum absolute atomic E-state index is 0.134. The van der Waals surface area contributed by atoms with Crippen molar-refractivity contribution in [2.45, 2.75) is 25.7 Å². The van der Waals surface area contributed by atoms with Gasteiger partial charge in [-0.2, -0.15) is 0 Å². The molecule has 1 aromatic carbocycles. The summed E-state index contributed by atoms with van der Waals surface area (Å²) in [6.45, 7) is 7.17. The maximum absolute atomic E-state index is 5.26.